The van der Waals surface area contributed by atoms with Crippen LogP contribution in [0.4, 0.5) is 0 Å². The van der Waals surface area contributed by atoms with E-state index in [9.17, 15) is 4.79 Å². The van der Waals surface area contributed by atoms with Gasteiger partial charge >= 0.3 is 5.97 Å². The zero-order valence-corrected chi connectivity index (χ0v) is 12.5. The lowest BCUT2D eigenvalue weighted by Crippen LogP contribution is -1.96. The Morgan fingerprint density at radius 2 is 2.05 bits per heavy atom. The van der Waals surface area contributed by atoms with Crippen molar-refractivity contribution < 1.29 is 9.53 Å². The first-order chi connectivity index (χ1) is 9.20. The third-order valence-electron chi connectivity index (χ3n) is 2.87. The number of carbonyl (C=O) groups excluding carboxylic acids is 1. The number of aromatic nitrogens is 1. The van der Waals surface area contributed by atoms with E-state index in [2.05, 4.69) is 20.9 Å². The average molecular weight is 336 g/mol. The number of halogens is 1. The van der Waals surface area contributed by atoms with Crippen LogP contribution in [0.25, 0.3) is 21.3 Å². The number of ether oxygens (including phenoxy) is 1. The second kappa shape index (κ2) is 4.83. The van der Waals surface area contributed by atoms with E-state index < -0.39 is 0 Å². The minimum absolute atomic E-state index is 0.301. The molecule has 2 aromatic heterocycles. The van der Waals surface area contributed by atoms with Crippen LogP contribution in [0.3, 0.4) is 0 Å². The number of methoxy groups -OCH3 is 1. The summed E-state index contributed by atoms with van der Waals surface area (Å²) in [6.07, 6.45) is 0. The lowest BCUT2D eigenvalue weighted by Gasteiger charge is -1.99. The Morgan fingerprint density at radius 3 is 2.74 bits per heavy atom. The maximum atomic E-state index is 11.6. The van der Waals surface area contributed by atoms with E-state index in [1.165, 1.54) is 18.4 Å². The van der Waals surface area contributed by atoms with E-state index in [1.54, 1.807) is 0 Å². The van der Waals surface area contributed by atoms with Crippen molar-refractivity contribution in [3.05, 3.63) is 45.9 Å². The third-order valence-corrected chi connectivity index (χ3v) is 4.60. The molecular weight excluding hydrogens is 326 g/mol. The van der Waals surface area contributed by atoms with E-state index in [0.717, 1.165) is 25.9 Å². The molecule has 2 heterocycles. The van der Waals surface area contributed by atoms with Crippen LogP contribution >= 0.6 is 27.3 Å². The highest BCUT2D eigenvalue weighted by atomic mass is 79.9. The number of hydrogen-bond acceptors (Lipinski definition) is 3. The van der Waals surface area contributed by atoms with Gasteiger partial charge in [-0.1, -0.05) is 30.3 Å². The minimum atomic E-state index is -0.301. The highest BCUT2D eigenvalue weighted by Crippen LogP contribution is 2.40. The first-order valence-electron chi connectivity index (χ1n) is 5.65. The van der Waals surface area contributed by atoms with E-state index >= 15 is 0 Å². The number of carbonyl (C=O) groups is 1. The van der Waals surface area contributed by atoms with E-state index in [4.69, 9.17) is 4.74 Å². The summed E-state index contributed by atoms with van der Waals surface area (Å²) in [6, 6.07) is 11.9. The number of nitrogens with one attached hydrogen (secondary N) is 1. The molecule has 3 rings (SSSR count). The van der Waals surface area contributed by atoms with Crippen LogP contribution in [0.2, 0.25) is 0 Å². The van der Waals surface area contributed by atoms with Crippen molar-refractivity contribution in [3.63, 3.8) is 0 Å². The summed E-state index contributed by atoms with van der Waals surface area (Å²) < 4.78 is 6.74. The summed E-state index contributed by atoms with van der Waals surface area (Å²) in [5.41, 5.74) is 3.13. The molecule has 0 saturated carbocycles. The summed E-state index contributed by atoms with van der Waals surface area (Å²) in [7, 11) is 1.39. The van der Waals surface area contributed by atoms with E-state index in [1.807, 2.05) is 36.4 Å². The van der Waals surface area contributed by atoms with Crippen LogP contribution in [-0.4, -0.2) is 18.1 Å². The molecule has 0 fully saturated rings. The summed E-state index contributed by atoms with van der Waals surface area (Å²) in [5, 5.41) is 0. The van der Waals surface area contributed by atoms with Crippen molar-refractivity contribution in [1.82, 2.24) is 4.98 Å². The Morgan fingerprint density at radius 1 is 1.32 bits per heavy atom. The molecule has 0 saturated heterocycles. The van der Waals surface area contributed by atoms with Gasteiger partial charge < -0.3 is 9.72 Å². The zero-order chi connectivity index (χ0) is 13.4. The maximum Gasteiger partial charge on any atom is 0.348 e. The molecule has 0 bridgehead atoms. The third kappa shape index (κ3) is 2.09. The van der Waals surface area contributed by atoms with Crippen molar-refractivity contribution in [2.24, 2.45) is 0 Å². The average Bonchev–Trinajstić information content (AvgIpc) is 2.95. The molecule has 0 unspecified atom stereocenters. The van der Waals surface area contributed by atoms with E-state index in [-0.39, 0.29) is 5.97 Å². The van der Waals surface area contributed by atoms with Crippen molar-refractivity contribution in [3.8, 4) is 11.1 Å². The number of aromatic amines is 1. The first-order valence-corrected chi connectivity index (χ1v) is 7.26. The predicted molar refractivity (Wildman–Crippen MR) is 80.7 cm³/mol. The van der Waals surface area contributed by atoms with Crippen LogP contribution in [0, 0.1) is 0 Å². The predicted octanol–water partition coefficient (Wildman–Crippen LogP) is 4.45. The van der Waals surface area contributed by atoms with Crippen LogP contribution in [0.5, 0.6) is 0 Å². The van der Waals surface area contributed by atoms with Gasteiger partial charge in [-0.15, -0.1) is 11.3 Å². The van der Waals surface area contributed by atoms with Gasteiger partial charge in [0, 0.05) is 5.56 Å². The van der Waals surface area contributed by atoms with E-state index in [0.29, 0.717) is 4.88 Å². The monoisotopic (exact) mass is 335 g/mol. The SMILES string of the molecule is COC(=O)c1cc2[nH]c(Br)c(-c3ccccc3)c2s1. The standard InChI is InChI=1S/C14H10BrNO2S/c1-18-14(17)10-7-9-12(19-10)11(13(15)16-9)8-5-3-2-4-6-8/h2-7,16H,1H3. The molecule has 0 amide bonds. The van der Waals surface area contributed by atoms with Gasteiger partial charge in [-0.05, 0) is 27.6 Å². The molecule has 19 heavy (non-hydrogen) atoms. The quantitative estimate of drug-likeness (QED) is 0.703. The molecule has 0 spiro atoms. The van der Waals surface area contributed by atoms with Gasteiger partial charge in [0.05, 0.1) is 21.9 Å². The van der Waals surface area contributed by atoms with Gasteiger partial charge in [0.1, 0.15) is 4.88 Å². The molecule has 3 nitrogen and oxygen atoms in total. The Kier molecular flexibility index (Phi) is 3.16. The minimum Gasteiger partial charge on any atom is -0.465 e. The van der Waals surface area contributed by atoms with Crippen molar-refractivity contribution in [1.29, 1.82) is 0 Å². The summed E-state index contributed by atoms with van der Waals surface area (Å²) >= 11 is 4.98. The summed E-state index contributed by atoms with van der Waals surface area (Å²) in [4.78, 5) is 15.4. The molecule has 0 aliphatic heterocycles. The molecule has 0 aliphatic carbocycles. The van der Waals surface area contributed by atoms with Crippen LogP contribution in [-0.2, 0) is 4.74 Å². The lowest BCUT2D eigenvalue weighted by atomic mass is 10.1. The normalized spacial score (nSPS) is 10.8. The maximum absolute atomic E-state index is 11.6. The van der Waals surface area contributed by atoms with Gasteiger partial charge in [-0.3, -0.25) is 0 Å². The number of thiophene rings is 1. The smallest absolute Gasteiger partial charge is 0.348 e. The fourth-order valence-electron chi connectivity index (χ4n) is 2.01. The molecule has 1 aromatic carbocycles. The van der Waals surface area contributed by atoms with Crippen LogP contribution < -0.4 is 0 Å². The molecule has 1 N–H and O–H groups in total. The number of benzene rings is 1. The Balaban J connectivity index is 2.21. The molecule has 0 atom stereocenters. The zero-order valence-electron chi connectivity index (χ0n) is 10.1. The number of H-pyrrole nitrogens is 1. The van der Waals surface area contributed by atoms with Gasteiger partial charge in [0.25, 0.3) is 0 Å². The van der Waals surface area contributed by atoms with Crippen LogP contribution in [0.15, 0.2) is 41.0 Å². The van der Waals surface area contributed by atoms with Crippen molar-refractivity contribution in [2.75, 3.05) is 7.11 Å². The Bertz CT molecular complexity index is 745. The molecule has 0 radical (unpaired) electrons. The first kappa shape index (κ1) is 12.4. The summed E-state index contributed by atoms with van der Waals surface area (Å²) in [6.45, 7) is 0. The number of rotatable bonds is 2. The van der Waals surface area contributed by atoms with Crippen molar-refractivity contribution in [2.45, 2.75) is 0 Å². The van der Waals surface area contributed by atoms with Crippen LogP contribution in [0.1, 0.15) is 9.67 Å². The number of fused-ring (bicyclic) bond motifs is 1. The molecular formula is C14H10BrNO2S. The van der Waals surface area contributed by atoms with Gasteiger partial charge in [0.2, 0.25) is 0 Å². The topological polar surface area (TPSA) is 42.1 Å². The molecule has 3 aromatic rings. The molecule has 96 valence electrons. The van der Waals surface area contributed by atoms with Gasteiger partial charge in [-0.2, -0.15) is 0 Å². The second-order valence-corrected chi connectivity index (χ2v) is 5.87. The number of esters is 1. The fourth-order valence-corrected chi connectivity index (χ4v) is 3.89. The molecule has 5 heteroatoms. The second-order valence-electron chi connectivity index (χ2n) is 4.03. The highest BCUT2D eigenvalue weighted by molar-refractivity contribution is 9.10. The highest BCUT2D eigenvalue weighted by Gasteiger charge is 2.17. The van der Waals surface area contributed by atoms with Gasteiger partial charge in [-0.25, -0.2) is 4.79 Å². The number of hydrogen-bond donors (Lipinski definition) is 1. The van der Waals surface area contributed by atoms with Gasteiger partial charge in [0.15, 0.2) is 0 Å². The Hall–Kier alpha value is -1.59. The fraction of sp³-hybridized carbons (Fsp3) is 0.0714. The lowest BCUT2D eigenvalue weighted by molar-refractivity contribution is 0.0606. The largest absolute Gasteiger partial charge is 0.465 e. The summed E-state index contributed by atoms with van der Waals surface area (Å²) in [5.74, 6) is -0.301. The Labute approximate surface area is 122 Å². The van der Waals surface area contributed by atoms with Crippen molar-refractivity contribution >= 4 is 43.5 Å². The molecule has 0 aliphatic rings.